The van der Waals surface area contributed by atoms with Gasteiger partial charge < -0.3 is 20.1 Å². The molecule has 2 aliphatic heterocycles. The predicted molar refractivity (Wildman–Crippen MR) is 138 cm³/mol. The van der Waals surface area contributed by atoms with Crippen molar-refractivity contribution in [1.29, 1.82) is 5.26 Å². The lowest BCUT2D eigenvalue weighted by Crippen LogP contribution is -2.30. The second kappa shape index (κ2) is 10.1. The van der Waals surface area contributed by atoms with Gasteiger partial charge in [-0.2, -0.15) is 10.2 Å². The van der Waals surface area contributed by atoms with Crippen LogP contribution in [0.1, 0.15) is 43.4 Å². The molecule has 0 aliphatic carbocycles. The van der Waals surface area contributed by atoms with Gasteiger partial charge in [-0.3, -0.25) is 4.98 Å². The van der Waals surface area contributed by atoms with Gasteiger partial charge in [0, 0.05) is 28.6 Å². The fraction of sp³-hybridized carbons (Fsp3) is 0.385. The van der Waals surface area contributed by atoms with E-state index in [1.807, 2.05) is 27.0 Å². The van der Waals surface area contributed by atoms with E-state index in [4.69, 9.17) is 15.2 Å². The van der Waals surface area contributed by atoms with Gasteiger partial charge in [0.1, 0.15) is 23.2 Å². The molecule has 1 aromatic carbocycles. The molecule has 2 aliphatic rings. The van der Waals surface area contributed by atoms with Crippen molar-refractivity contribution in [3.63, 3.8) is 0 Å². The van der Waals surface area contributed by atoms with E-state index in [2.05, 4.69) is 19.9 Å². The first-order chi connectivity index (χ1) is 18.0. The van der Waals surface area contributed by atoms with E-state index in [0.717, 1.165) is 42.5 Å². The first-order valence-corrected chi connectivity index (χ1v) is 13.0. The molecule has 37 heavy (non-hydrogen) atoms. The number of thiophene rings is 1. The lowest BCUT2D eigenvalue weighted by atomic mass is 9.94. The Morgan fingerprint density at radius 2 is 2.03 bits per heavy atom. The van der Waals surface area contributed by atoms with Crippen molar-refractivity contribution >= 4 is 37.3 Å². The van der Waals surface area contributed by atoms with Gasteiger partial charge in [-0.05, 0) is 37.6 Å². The van der Waals surface area contributed by atoms with Crippen LogP contribution in [0.3, 0.4) is 0 Å². The molecule has 0 radical (unpaired) electrons. The number of anilines is 1. The van der Waals surface area contributed by atoms with Crippen molar-refractivity contribution in [2.45, 2.75) is 45.9 Å². The third-order valence-electron chi connectivity index (χ3n) is 6.80. The van der Waals surface area contributed by atoms with Crippen LogP contribution in [0.2, 0.25) is 0 Å². The topological polar surface area (TPSA) is 110 Å². The second-order valence-electron chi connectivity index (χ2n) is 8.75. The van der Waals surface area contributed by atoms with Crippen molar-refractivity contribution in [3.05, 3.63) is 40.7 Å². The number of likely N-dealkylation sites (N-methyl/N-ethyl adjacent to an activating group) is 1. The van der Waals surface area contributed by atoms with E-state index < -0.39 is 11.6 Å². The molecule has 0 amide bonds. The number of rotatable bonds is 4. The molecule has 8 nitrogen and oxygen atoms in total. The first kappa shape index (κ1) is 25.2. The maximum atomic E-state index is 16.2. The third kappa shape index (κ3) is 4.15. The number of ether oxygens (including phenoxy) is 2. The zero-order chi connectivity index (χ0) is 26.3. The summed E-state index contributed by atoms with van der Waals surface area (Å²) in [6.07, 6.45) is 4.69. The minimum atomic E-state index is -0.649. The fourth-order valence-electron chi connectivity index (χ4n) is 4.96. The minimum Gasteiger partial charge on any atom is -0.462 e. The van der Waals surface area contributed by atoms with Crippen LogP contribution in [-0.4, -0.2) is 46.1 Å². The van der Waals surface area contributed by atoms with Crippen molar-refractivity contribution in [3.8, 4) is 23.3 Å². The molecule has 1 saturated heterocycles. The van der Waals surface area contributed by atoms with Crippen LogP contribution in [0.5, 0.6) is 6.01 Å². The van der Waals surface area contributed by atoms with Crippen molar-refractivity contribution in [1.82, 2.24) is 19.9 Å². The van der Waals surface area contributed by atoms with Gasteiger partial charge in [-0.25, -0.2) is 13.8 Å². The van der Waals surface area contributed by atoms with Crippen molar-refractivity contribution < 1.29 is 18.3 Å². The molecule has 1 fully saturated rings. The summed E-state index contributed by atoms with van der Waals surface area (Å²) in [4.78, 5) is 15.1. The average Bonchev–Trinajstić information content (AvgIpc) is 3.64. The summed E-state index contributed by atoms with van der Waals surface area (Å²) in [6.45, 7) is 5.81. The fourth-order valence-corrected chi connectivity index (χ4v) is 5.88. The van der Waals surface area contributed by atoms with E-state index in [9.17, 15) is 9.65 Å². The van der Waals surface area contributed by atoms with Gasteiger partial charge in [0.15, 0.2) is 11.6 Å². The Balaban J connectivity index is 0.00000137. The highest BCUT2D eigenvalue weighted by atomic mass is 32.1. The van der Waals surface area contributed by atoms with Crippen LogP contribution >= 0.6 is 11.3 Å². The van der Waals surface area contributed by atoms with E-state index in [0.29, 0.717) is 17.6 Å². The van der Waals surface area contributed by atoms with Gasteiger partial charge >= 0.3 is 6.01 Å². The van der Waals surface area contributed by atoms with E-state index in [1.165, 1.54) is 0 Å². The van der Waals surface area contributed by atoms with E-state index in [1.54, 1.807) is 6.20 Å². The number of likely N-dealkylation sites (tertiary alicyclic amines) is 1. The zero-order valence-corrected chi connectivity index (χ0v) is 21.6. The summed E-state index contributed by atoms with van der Waals surface area (Å²) in [5.41, 5.74) is 7.70. The molecule has 0 bridgehead atoms. The Morgan fingerprint density at radius 3 is 2.76 bits per heavy atom. The van der Waals surface area contributed by atoms with Gasteiger partial charge in [0.05, 0.1) is 35.4 Å². The lowest BCUT2D eigenvalue weighted by Gasteiger charge is -2.19. The molecular weight excluding hydrogens is 498 g/mol. The Morgan fingerprint density at radius 1 is 1.24 bits per heavy atom. The summed E-state index contributed by atoms with van der Waals surface area (Å²) in [5.74, 6) is -1.27. The first-order valence-electron chi connectivity index (χ1n) is 12.2. The zero-order valence-electron chi connectivity index (χ0n) is 20.8. The molecule has 0 saturated carbocycles. The maximum Gasteiger partial charge on any atom is 0.317 e. The summed E-state index contributed by atoms with van der Waals surface area (Å²) in [5, 5.41) is 10.5. The number of benzene rings is 1. The highest BCUT2D eigenvalue weighted by molar-refractivity contribution is 7.23. The highest BCUT2D eigenvalue weighted by Crippen LogP contribution is 2.44. The molecule has 11 heteroatoms. The van der Waals surface area contributed by atoms with Crippen LogP contribution in [0.25, 0.3) is 32.2 Å². The molecule has 192 valence electrons. The molecule has 6 rings (SSSR count). The highest BCUT2D eigenvalue weighted by Gasteiger charge is 2.30. The molecule has 0 spiro atoms. The molecule has 5 heterocycles. The number of fused-ring (bicyclic) bond motifs is 4. The van der Waals surface area contributed by atoms with Crippen LogP contribution in [0.4, 0.5) is 13.8 Å². The standard InChI is InChI=1S/C24H20F2N6O2S.C2H6/c1-32-4-2-3-11(32)8-34-24-30-6-13-14-9-33-10-15(14)17(19(26)20(13)31-24)21-18-12(5-27)23(28)35-22(18)16(25)7-29-21;1-2/h6-7,11H,2-4,8-10,28H2,1H3;1-2H3. The smallest absolute Gasteiger partial charge is 0.317 e. The lowest BCUT2D eigenvalue weighted by molar-refractivity contribution is 0.135. The largest absolute Gasteiger partial charge is 0.462 e. The summed E-state index contributed by atoms with van der Waals surface area (Å²) >= 11 is 0.940. The van der Waals surface area contributed by atoms with Crippen molar-refractivity contribution in [2.24, 2.45) is 0 Å². The van der Waals surface area contributed by atoms with E-state index in [-0.39, 0.29) is 62.7 Å². The molecule has 3 aromatic heterocycles. The Labute approximate surface area is 216 Å². The number of pyridine rings is 1. The number of nitrogen functional groups attached to an aromatic ring is 1. The summed E-state index contributed by atoms with van der Waals surface area (Å²) < 4.78 is 42.4. The second-order valence-corrected chi connectivity index (χ2v) is 9.81. The molecule has 1 unspecified atom stereocenters. The van der Waals surface area contributed by atoms with Gasteiger partial charge in [-0.15, -0.1) is 11.3 Å². The maximum absolute atomic E-state index is 16.2. The quantitative estimate of drug-likeness (QED) is 0.389. The van der Waals surface area contributed by atoms with Crippen molar-refractivity contribution in [2.75, 3.05) is 25.9 Å². The molecule has 4 aromatic rings. The molecular formula is C26H26F2N6O2S. The average molecular weight is 525 g/mol. The van der Waals surface area contributed by atoms with Crippen LogP contribution in [0.15, 0.2) is 12.4 Å². The van der Waals surface area contributed by atoms with E-state index >= 15 is 4.39 Å². The number of aromatic nitrogens is 3. The molecule has 1 atom stereocenters. The minimum absolute atomic E-state index is 0.0648. The van der Waals surface area contributed by atoms with Crippen LogP contribution in [0, 0.1) is 23.0 Å². The molecule has 2 N–H and O–H groups in total. The summed E-state index contributed by atoms with van der Waals surface area (Å²) in [7, 11) is 2.04. The van der Waals surface area contributed by atoms with Gasteiger partial charge in [-0.1, -0.05) is 13.8 Å². The Kier molecular flexibility index (Phi) is 6.90. The summed E-state index contributed by atoms with van der Waals surface area (Å²) in [6, 6.07) is 2.35. The van der Waals surface area contributed by atoms with Gasteiger partial charge in [0.25, 0.3) is 0 Å². The number of hydrogen-bond donors (Lipinski definition) is 1. The Bertz CT molecular complexity index is 1550. The van der Waals surface area contributed by atoms with Crippen LogP contribution < -0.4 is 10.5 Å². The monoisotopic (exact) mass is 524 g/mol. The third-order valence-corrected chi connectivity index (χ3v) is 7.83. The normalized spacial score (nSPS) is 17.0. The number of nitriles is 1. The number of nitrogens with two attached hydrogens (primary N) is 1. The Hall–Kier alpha value is -3.46. The van der Waals surface area contributed by atoms with Gasteiger partial charge in [0.2, 0.25) is 0 Å². The number of hydrogen-bond acceptors (Lipinski definition) is 9. The SMILES string of the molecule is CC.CN1CCCC1COc1ncc2c3c(c(-c4ncc(F)c5sc(N)c(C#N)c45)c(F)c2n1)COC3. The number of halogens is 2. The predicted octanol–water partition coefficient (Wildman–Crippen LogP) is 5.17. The van der Waals surface area contributed by atoms with Crippen LogP contribution in [-0.2, 0) is 18.0 Å². The number of nitrogens with zero attached hydrogens (tertiary/aromatic N) is 5.